The summed E-state index contributed by atoms with van der Waals surface area (Å²) in [6.45, 7) is 2.71. The maximum absolute atomic E-state index is 6.00. The van der Waals surface area contributed by atoms with Gasteiger partial charge in [-0.3, -0.25) is 0 Å². The maximum Gasteiger partial charge on any atom is 0.152 e. The molecule has 17 heavy (non-hydrogen) atoms. The summed E-state index contributed by atoms with van der Waals surface area (Å²) < 4.78 is 10.3. The highest BCUT2D eigenvalue weighted by molar-refractivity contribution is 6.32. The van der Waals surface area contributed by atoms with Gasteiger partial charge in [0.05, 0.1) is 30.3 Å². The van der Waals surface area contributed by atoms with Crippen molar-refractivity contribution in [1.82, 2.24) is 4.98 Å². The Balaban J connectivity index is 3.25. The van der Waals surface area contributed by atoms with Crippen LogP contribution in [0.25, 0.3) is 0 Å². The fourth-order valence-electron chi connectivity index (χ4n) is 1.78. The van der Waals surface area contributed by atoms with Crippen LogP contribution in [0.5, 0.6) is 0 Å². The molecule has 0 aromatic carbocycles. The number of ether oxygens (including phenoxy) is 2. The summed E-state index contributed by atoms with van der Waals surface area (Å²) in [6.07, 6.45) is 0. The standard InChI is InChI=1S/C11H18ClN3O2/c1-6-9(13)8(10(14)11(12)15-6)7(4-16-2)5-17-3/h7H,4-5,13-14H2,1-3H3. The molecule has 0 radical (unpaired) electrons. The van der Waals surface area contributed by atoms with Gasteiger partial charge in [0, 0.05) is 25.7 Å². The molecule has 0 fully saturated rings. The summed E-state index contributed by atoms with van der Waals surface area (Å²) in [5.41, 5.74) is 14.3. The number of aryl methyl sites for hydroxylation is 1. The third kappa shape index (κ3) is 3.00. The van der Waals surface area contributed by atoms with Crippen molar-refractivity contribution in [2.45, 2.75) is 12.8 Å². The lowest BCUT2D eigenvalue weighted by Gasteiger charge is -2.21. The predicted octanol–water partition coefficient (Wildman–Crippen LogP) is 1.58. The Labute approximate surface area is 106 Å². The number of pyridine rings is 1. The first-order valence-electron chi connectivity index (χ1n) is 5.21. The molecular formula is C11H18ClN3O2. The summed E-state index contributed by atoms with van der Waals surface area (Å²) in [7, 11) is 3.23. The Morgan fingerprint density at radius 1 is 1.18 bits per heavy atom. The average Bonchev–Trinajstić information content (AvgIpc) is 2.27. The van der Waals surface area contributed by atoms with Crippen molar-refractivity contribution in [2.75, 3.05) is 38.9 Å². The fourth-order valence-corrected chi connectivity index (χ4v) is 2.00. The minimum Gasteiger partial charge on any atom is -0.397 e. The van der Waals surface area contributed by atoms with Crippen LogP contribution in [-0.2, 0) is 9.47 Å². The van der Waals surface area contributed by atoms with E-state index in [0.717, 1.165) is 5.56 Å². The molecule has 0 aliphatic carbocycles. The van der Waals surface area contributed by atoms with E-state index in [2.05, 4.69) is 4.98 Å². The second-order valence-electron chi connectivity index (χ2n) is 3.84. The Hall–Kier alpha value is -1.04. The number of halogens is 1. The van der Waals surface area contributed by atoms with Crippen molar-refractivity contribution in [2.24, 2.45) is 0 Å². The number of hydrogen-bond donors (Lipinski definition) is 2. The van der Waals surface area contributed by atoms with Crippen LogP contribution in [0.3, 0.4) is 0 Å². The first kappa shape index (κ1) is 14.0. The van der Waals surface area contributed by atoms with Gasteiger partial charge < -0.3 is 20.9 Å². The molecule has 0 unspecified atom stereocenters. The molecule has 1 aromatic rings. The van der Waals surface area contributed by atoms with Crippen molar-refractivity contribution in [3.8, 4) is 0 Å². The number of methoxy groups -OCH3 is 2. The molecule has 1 rings (SSSR count). The molecule has 0 atom stereocenters. The molecule has 0 aliphatic heterocycles. The van der Waals surface area contributed by atoms with Gasteiger partial charge in [0.15, 0.2) is 5.15 Å². The van der Waals surface area contributed by atoms with E-state index in [1.165, 1.54) is 0 Å². The van der Waals surface area contributed by atoms with Crippen molar-refractivity contribution in [3.63, 3.8) is 0 Å². The molecule has 0 saturated carbocycles. The highest BCUT2D eigenvalue weighted by Gasteiger charge is 2.21. The van der Waals surface area contributed by atoms with Crippen LogP contribution in [0.4, 0.5) is 11.4 Å². The maximum atomic E-state index is 6.00. The summed E-state index contributed by atoms with van der Waals surface area (Å²) in [4.78, 5) is 4.07. The monoisotopic (exact) mass is 259 g/mol. The van der Waals surface area contributed by atoms with E-state index in [0.29, 0.717) is 30.3 Å². The number of anilines is 2. The van der Waals surface area contributed by atoms with Gasteiger partial charge in [-0.05, 0) is 6.92 Å². The number of nitrogen functional groups attached to an aromatic ring is 2. The quantitative estimate of drug-likeness (QED) is 0.785. The van der Waals surface area contributed by atoms with Gasteiger partial charge in [-0.1, -0.05) is 11.6 Å². The van der Waals surface area contributed by atoms with Crippen LogP contribution in [0, 0.1) is 6.92 Å². The molecule has 1 aromatic heterocycles. The molecule has 0 aliphatic rings. The molecule has 5 nitrogen and oxygen atoms in total. The number of nitrogens with two attached hydrogens (primary N) is 2. The zero-order chi connectivity index (χ0) is 13.0. The van der Waals surface area contributed by atoms with Crippen LogP contribution >= 0.6 is 11.6 Å². The smallest absolute Gasteiger partial charge is 0.152 e. The Morgan fingerprint density at radius 2 is 1.71 bits per heavy atom. The third-order valence-electron chi connectivity index (χ3n) is 2.60. The van der Waals surface area contributed by atoms with Gasteiger partial charge in [-0.25, -0.2) is 4.98 Å². The molecule has 0 bridgehead atoms. The van der Waals surface area contributed by atoms with Gasteiger partial charge in [0.2, 0.25) is 0 Å². The van der Waals surface area contributed by atoms with E-state index in [1.807, 2.05) is 0 Å². The zero-order valence-corrected chi connectivity index (χ0v) is 11.0. The number of hydrogen-bond acceptors (Lipinski definition) is 5. The second-order valence-corrected chi connectivity index (χ2v) is 4.19. The number of rotatable bonds is 5. The first-order valence-corrected chi connectivity index (χ1v) is 5.59. The zero-order valence-electron chi connectivity index (χ0n) is 10.3. The van der Waals surface area contributed by atoms with E-state index < -0.39 is 0 Å². The molecule has 1 heterocycles. The highest BCUT2D eigenvalue weighted by atomic mass is 35.5. The Bertz CT molecular complexity index is 367. The molecule has 4 N–H and O–H groups in total. The second kappa shape index (κ2) is 6.05. The Morgan fingerprint density at radius 3 is 2.18 bits per heavy atom. The predicted molar refractivity (Wildman–Crippen MR) is 69.3 cm³/mol. The van der Waals surface area contributed by atoms with Crippen LogP contribution in [0.1, 0.15) is 17.2 Å². The fraction of sp³-hybridized carbons (Fsp3) is 0.545. The summed E-state index contributed by atoms with van der Waals surface area (Å²) in [6, 6.07) is 0. The normalized spacial score (nSPS) is 11.1. The number of nitrogens with zero attached hydrogens (tertiary/aromatic N) is 1. The van der Waals surface area contributed by atoms with E-state index >= 15 is 0 Å². The first-order chi connectivity index (χ1) is 8.02. The lowest BCUT2D eigenvalue weighted by Crippen LogP contribution is -2.18. The van der Waals surface area contributed by atoms with Gasteiger partial charge in [-0.2, -0.15) is 0 Å². The molecule has 96 valence electrons. The van der Waals surface area contributed by atoms with Crippen molar-refractivity contribution >= 4 is 23.0 Å². The highest BCUT2D eigenvalue weighted by Crippen LogP contribution is 2.34. The topological polar surface area (TPSA) is 83.4 Å². The third-order valence-corrected chi connectivity index (χ3v) is 2.89. The van der Waals surface area contributed by atoms with Gasteiger partial charge in [-0.15, -0.1) is 0 Å². The summed E-state index contributed by atoms with van der Waals surface area (Å²) in [5.74, 6) is -0.0517. The lowest BCUT2D eigenvalue weighted by molar-refractivity contribution is 0.117. The minimum atomic E-state index is -0.0517. The molecule has 0 saturated heterocycles. The largest absolute Gasteiger partial charge is 0.397 e. The Kier molecular flexibility index (Phi) is 4.99. The molecule has 6 heteroatoms. The summed E-state index contributed by atoms with van der Waals surface area (Å²) in [5, 5.41) is 0.268. The van der Waals surface area contributed by atoms with Crippen molar-refractivity contribution < 1.29 is 9.47 Å². The van der Waals surface area contributed by atoms with Gasteiger partial charge in [0.1, 0.15) is 0 Å². The molecule has 0 amide bonds. The van der Waals surface area contributed by atoms with Crippen LogP contribution in [0.15, 0.2) is 0 Å². The van der Waals surface area contributed by atoms with Crippen LogP contribution in [0.2, 0.25) is 5.15 Å². The average molecular weight is 260 g/mol. The van der Waals surface area contributed by atoms with Gasteiger partial charge >= 0.3 is 0 Å². The van der Waals surface area contributed by atoms with E-state index in [9.17, 15) is 0 Å². The van der Waals surface area contributed by atoms with Crippen LogP contribution in [-0.4, -0.2) is 32.4 Å². The van der Waals surface area contributed by atoms with Gasteiger partial charge in [0.25, 0.3) is 0 Å². The minimum absolute atomic E-state index is 0.0517. The molecular weight excluding hydrogens is 242 g/mol. The van der Waals surface area contributed by atoms with E-state index in [4.69, 9.17) is 32.5 Å². The van der Waals surface area contributed by atoms with Crippen molar-refractivity contribution in [3.05, 3.63) is 16.4 Å². The lowest BCUT2D eigenvalue weighted by atomic mass is 9.97. The SMILES string of the molecule is COCC(COC)c1c(N)c(C)nc(Cl)c1N. The number of aromatic nitrogens is 1. The van der Waals surface area contributed by atoms with Crippen molar-refractivity contribution in [1.29, 1.82) is 0 Å². The van der Waals surface area contributed by atoms with Crippen LogP contribution < -0.4 is 11.5 Å². The summed E-state index contributed by atoms with van der Waals surface area (Å²) >= 11 is 5.96. The molecule has 0 spiro atoms. The van der Waals surface area contributed by atoms with E-state index in [-0.39, 0.29) is 11.1 Å². The van der Waals surface area contributed by atoms with E-state index in [1.54, 1.807) is 21.1 Å².